The zero-order valence-electron chi connectivity index (χ0n) is 17.3. The fraction of sp³-hybridized carbons (Fsp3) is 0.478. The second-order valence-corrected chi connectivity index (χ2v) is 8.15. The van der Waals surface area contributed by atoms with Crippen LogP contribution in [-0.2, 0) is 11.3 Å². The molecule has 5 nitrogen and oxygen atoms in total. The summed E-state index contributed by atoms with van der Waals surface area (Å²) in [5.74, 6) is -0.0557. The van der Waals surface area contributed by atoms with Gasteiger partial charge in [-0.25, -0.2) is 4.39 Å². The summed E-state index contributed by atoms with van der Waals surface area (Å²) in [5, 5.41) is 0. The smallest absolute Gasteiger partial charge is 0.220 e. The number of anilines is 1. The minimum atomic E-state index is -0.187. The molecule has 1 amide bonds. The highest BCUT2D eigenvalue weighted by Gasteiger charge is 2.29. The van der Waals surface area contributed by atoms with Gasteiger partial charge < -0.3 is 9.80 Å². The average molecular weight is 397 g/mol. The molecule has 1 aromatic carbocycles. The summed E-state index contributed by atoms with van der Waals surface area (Å²) >= 11 is 0. The highest BCUT2D eigenvalue weighted by molar-refractivity contribution is 5.74. The Morgan fingerprint density at radius 1 is 1.10 bits per heavy atom. The highest BCUT2D eigenvalue weighted by atomic mass is 19.1. The lowest BCUT2D eigenvalue weighted by Gasteiger charge is -2.36. The number of halogens is 1. The summed E-state index contributed by atoms with van der Waals surface area (Å²) in [6.07, 6.45) is 2.03. The first kappa shape index (κ1) is 19.8. The highest BCUT2D eigenvalue weighted by Crippen LogP contribution is 2.33. The van der Waals surface area contributed by atoms with Crippen LogP contribution in [0.5, 0.6) is 0 Å². The van der Waals surface area contributed by atoms with Crippen LogP contribution in [0.2, 0.25) is 0 Å². The number of carbonyl (C=O) groups excluding carboxylic acids is 1. The van der Waals surface area contributed by atoms with Crippen LogP contribution in [0.3, 0.4) is 0 Å². The molecule has 0 bridgehead atoms. The van der Waals surface area contributed by atoms with Crippen molar-refractivity contribution in [3.05, 3.63) is 59.2 Å². The molecule has 154 valence electrons. The number of benzene rings is 1. The molecule has 29 heavy (non-hydrogen) atoms. The fourth-order valence-electron chi connectivity index (χ4n) is 4.49. The Bertz CT molecular complexity index is 862. The third-order valence-corrected chi connectivity index (χ3v) is 6.01. The van der Waals surface area contributed by atoms with E-state index in [2.05, 4.69) is 21.9 Å². The van der Waals surface area contributed by atoms with E-state index in [0.29, 0.717) is 0 Å². The Kier molecular flexibility index (Phi) is 5.81. The van der Waals surface area contributed by atoms with E-state index < -0.39 is 0 Å². The van der Waals surface area contributed by atoms with Crippen LogP contribution < -0.4 is 4.90 Å². The van der Waals surface area contributed by atoms with Crippen LogP contribution in [0, 0.1) is 12.7 Å². The molecule has 2 fully saturated rings. The second-order valence-electron chi connectivity index (χ2n) is 8.15. The van der Waals surface area contributed by atoms with E-state index in [4.69, 9.17) is 4.98 Å². The number of hydrogen-bond donors (Lipinski definition) is 0. The molecular formula is C23H29FN4O. The lowest BCUT2D eigenvalue weighted by molar-refractivity contribution is -0.129. The van der Waals surface area contributed by atoms with Gasteiger partial charge in [0, 0.05) is 57.6 Å². The first-order chi connectivity index (χ1) is 14.0. The number of aromatic nitrogens is 1. The number of aryl methyl sites for hydroxylation is 1. The largest absolute Gasteiger partial charge is 0.369 e. The SMILES string of the molecule is CC(=O)N1CCC[C@H]1c1cc(N2CCN(Cc3ccc(F)cc3)CC2)cc(C)n1. The van der Waals surface area contributed by atoms with Crippen LogP contribution in [0.15, 0.2) is 36.4 Å². The summed E-state index contributed by atoms with van der Waals surface area (Å²) in [4.78, 5) is 23.5. The molecule has 0 N–H and O–H groups in total. The van der Waals surface area contributed by atoms with Crippen molar-refractivity contribution < 1.29 is 9.18 Å². The van der Waals surface area contributed by atoms with Gasteiger partial charge in [-0.2, -0.15) is 0 Å². The first-order valence-corrected chi connectivity index (χ1v) is 10.5. The molecule has 0 spiro atoms. The summed E-state index contributed by atoms with van der Waals surface area (Å²) in [6, 6.07) is 11.2. The maximum absolute atomic E-state index is 13.1. The number of hydrogen-bond acceptors (Lipinski definition) is 4. The van der Waals surface area contributed by atoms with Crippen molar-refractivity contribution in [3.63, 3.8) is 0 Å². The van der Waals surface area contributed by atoms with Crippen LogP contribution in [0.25, 0.3) is 0 Å². The Hall–Kier alpha value is -2.47. The van der Waals surface area contributed by atoms with Gasteiger partial charge >= 0.3 is 0 Å². The molecule has 3 heterocycles. The van der Waals surface area contributed by atoms with Gasteiger partial charge in [0.2, 0.25) is 5.91 Å². The minimum Gasteiger partial charge on any atom is -0.369 e. The van der Waals surface area contributed by atoms with Gasteiger partial charge in [-0.05, 0) is 49.6 Å². The zero-order chi connectivity index (χ0) is 20.4. The predicted octanol–water partition coefficient (Wildman–Crippen LogP) is 3.53. The lowest BCUT2D eigenvalue weighted by Crippen LogP contribution is -2.46. The lowest BCUT2D eigenvalue weighted by atomic mass is 10.1. The van der Waals surface area contributed by atoms with E-state index >= 15 is 0 Å². The summed E-state index contributed by atoms with van der Waals surface area (Å²) < 4.78 is 13.1. The number of nitrogens with zero attached hydrogens (tertiary/aromatic N) is 4. The van der Waals surface area contributed by atoms with Crippen LogP contribution >= 0.6 is 0 Å². The third-order valence-electron chi connectivity index (χ3n) is 6.01. The zero-order valence-corrected chi connectivity index (χ0v) is 17.3. The van der Waals surface area contributed by atoms with Gasteiger partial charge in [0.25, 0.3) is 0 Å². The Morgan fingerprint density at radius 3 is 2.52 bits per heavy atom. The molecule has 0 unspecified atom stereocenters. The van der Waals surface area contributed by atoms with E-state index in [9.17, 15) is 9.18 Å². The first-order valence-electron chi connectivity index (χ1n) is 10.5. The summed E-state index contributed by atoms with van der Waals surface area (Å²) in [7, 11) is 0. The predicted molar refractivity (Wildman–Crippen MR) is 112 cm³/mol. The molecule has 4 rings (SSSR count). The number of rotatable bonds is 4. The number of carbonyl (C=O) groups is 1. The van der Waals surface area contributed by atoms with Crippen LogP contribution in [0.1, 0.15) is 42.8 Å². The van der Waals surface area contributed by atoms with Crippen molar-refractivity contribution in [2.75, 3.05) is 37.6 Å². The van der Waals surface area contributed by atoms with E-state index in [1.165, 1.54) is 17.8 Å². The molecule has 2 saturated heterocycles. The van der Waals surface area contributed by atoms with E-state index in [1.807, 2.05) is 24.0 Å². The van der Waals surface area contributed by atoms with Gasteiger partial charge in [0.15, 0.2) is 0 Å². The van der Waals surface area contributed by atoms with Gasteiger partial charge in [-0.1, -0.05) is 12.1 Å². The minimum absolute atomic E-state index is 0.103. The molecular weight excluding hydrogens is 367 g/mol. The Balaban J connectivity index is 1.42. The van der Waals surface area contributed by atoms with Crippen molar-refractivity contribution in [2.24, 2.45) is 0 Å². The molecule has 2 aromatic rings. The van der Waals surface area contributed by atoms with Crippen molar-refractivity contribution >= 4 is 11.6 Å². The molecule has 0 radical (unpaired) electrons. The number of amides is 1. The van der Waals surface area contributed by atoms with E-state index in [-0.39, 0.29) is 17.8 Å². The van der Waals surface area contributed by atoms with Gasteiger partial charge in [-0.15, -0.1) is 0 Å². The molecule has 2 aliphatic rings. The normalized spacial score (nSPS) is 20.3. The van der Waals surface area contributed by atoms with Crippen molar-refractivity contribution in [1.82, 2.24) is 14.8 Å². The maximum atomic E-state index is 13.1. The van der Waals surface area contributed by atoms with Crippen molar-refractivity contribution in [2.45, 2.75) is 39.3 Å². The number of likely N-dealkylation sites (tertiary alicyclic amines) is 1. The quantitative estimate of drug-likeness (QED) is 0.793. The van der Waals surface area contributed by atoms with Crippen LogP contribution in [0.4, 0.5) is 10.1 Å². The molecule has 1 atom stereocenters. The van der Waals surface area contributed by atoms with Crippen LogP contribution in [-0.4, -0.2) is 53.4 Å². The standard InChI is InChI=1S/C23H29FN4O/c1-17-14-21(15-22(25-17)23-4-3-9-28(23)18(2)29)27-12-10-26(11-13-27)16-19-5-7-20(24)8-6-19/h5-8,14-15,23H,3-4,9-13,16H2,1-2H3/t23-/m0/s1. The Labute approximate surface area is 172 Å². The Morgan fingerprint density at radius 2 is 1.83 bits per heavy atom. The molecule has 0 saturated carbocycles. The topological polar surface area (TPSA) is 39.7 Å². The van der Waals surface area contributed by atoms with Crippen molar-refractivity contribution in [1.29, 1.82) is 0 Å². The van der Waals surface area contributed by atoms with Gasteiger partial charge in [0.1, 0.15) is 5.82 Å². The maximum Gasteiger partial charge on any atom is 0.220 e. The number of pyridine rings is 1. The third kappa shape index (κ3) is 4.58. The van der Waals surface area contributed by atoms with E-state index in [1.54, 1.807) is 6.92 Å². The second kappa shape index (κ2) is 8.49. The molecule has 1 aromatic heterocycles. The monoisotopic (exact) mass is 396 g/mol. The molecule has 2 aliphatic heterocycles. The summed E-state index contributed by atoms with van der Waals surface area (Å²) in [6.45, 7) is 9.20. The molecule has 0 aliphatic carbocycles. The van der Waals surface area contributed by atoms with Crippen molar-refractivity contribution in [3.8, 4) is 0 Å². The van der Waals surface area contributed by atoms with Gasteiger partial charge in [-0.3, -0.25) is 14.7 Å². The number of piperazine rings is 1. The average Bonchev–Trinajstić information content (AvgIpc) is 3.20. The van der Waals surface area contributed by atoms with E-state index in [0.717, 1.165) is 69.1 Å². The fourth-order valence-corrected chi connectivity index (χ4v) is 4.49. The molecule has 6 heteroatoms. The summed E-state index contributed by atoms with van der Waals surface area (Å²) in [5.41, 5.74) is 4.36. The van der Waals surface area contributed by atoms with Gasteiger partial charge in [0.05, 0.1) is 11.7 Å².